The van der Waals surface area contributed by atoms with E-state index in [0.29, 0.717) is 33.0 Å². The zero-order chi connectivity index (χ0) is 13.8. The molecule has 0 aromatic carbocycles. The third kappa shape index (κ3) is 8.08. The van der Waals surface area contributed by atoms with Gasteiger partial charge >= 0.3 is 0 Å². The van der Waals surface area contributed by atoms with Crippen molar-refractivity contribution in [2.45, 2.75) is 6.29 Å². The van der Waals surface area contributed by atoms with Gasteiger partial charge in [-0.05, 0) is 14.0 Å². The Hall–Kier alpha value is -0.780. The second kappa shape index (κ2) is 11.1. The van der Waals surface area contributed by atoms with Crippen molar-refractivity contribution in [3.63, 3.8) is 0 Å². The number of aromatic nitrogens is 1. The average molecular weight is 289 g/mol. The van der Waals surface area contributed by atoms with Crippen molar-refractivity contribution in [2.24, 2.45) is 0 Å². The molecule has 0 bridgehead atoms. The smallest absolute Gasteiger partial charge is 0.224 e. The van der Waals surface area contributed by atoms with Gasteiger partial charge in [0.25, 0.3) is 0 Å². The van der Waals surface area contributed by atoms with Crippen LogP contribution in [0.1, 0.15) is 0 Å². The first kappa shape index (κ1) is 16.3. The van der Waals surface area contributed by atoms with E-state index in [1.54, 1.807) is 26.6 Å². The SMILES string of the molecule is COCCOCC(OCCOC)Oc1cnccp1. The van der Waals surface area contributed by atoms with E-state index in [2.05, 4.69) is 4.98 Å². The van der Waals surface area contributed by atoms with Crippen molar-refractivity contribution in [1.82, 2.24) is 4.98 Å². The summed E-state index contributed by atoms with van der Waals surface area (Å²) in [6.07, 6.45) is 2.93. The van der Waals surface area contributed by atoms with Crippen LogP contribution in [0, 0.1) is 0 Å². The van der Waals surface area contributed by atoms with Gasteiger partial charge in [0.05, 0.1) is 32.6 Å². The lowest BCUT2D eigenvalue weighted by atomic mass is 10.6. The molecule has 0 saturated heterocycles. The molecule has 0 saturated carbocycles. The summed E-state index contributed by atoms with van der Waals surface area (Å²) < 4.78 is 26.5. The predicted molar refractivity (Wildman–Crippen MR) is 71.7 cm³/mol. The molecular formula is C12H20NO5P. The summed E-state index contributed by atoms with van der Waals surface area (Å²) in [6, 6.07) is 0. The highest BCUT2D eigenvalue weighted by Crippen LogP contribution is 2.22. The number of rotatable bonds is 11. The van der Waals surface area contributed by atoms with E-state index in [4.69, 9.17) is 23.7 Å². The van der Waals surface area contributed by atoms with Crippen LogP contribution in [0.5, 0.6) is 5.48 Å². The Morgan fingerprint density at radius 3 is 2.63 bits per heavy atom. The molecule has 0 fully saturated rings. The van der Waals surface area contributed by atoms with Crippen molar-refractivity contribution in [2.75, 3.05) is 47.3 Å². The normalized spacial score (nSPS) is 12.7. The molecule has 1 rings (SSSR count). The Morgan fingerprint density at radius 1 is 1.16 bits per heavy atom. The van der Waals surface area contributed by atoms with Crippen molar-refractivity contribution in [1.29, 1.82) is 0 Å². The third-order valence-electron chi connectivity index (χ3n) is 2.07. The minimum Gasteiger partial charge on any atom is -0.456 e. The summed E-state index contributed by atoms with van der Waals surface area (Å²) in [4.78, 5) is 4.00. The molecule has 0 aliphatic carbocycles. The maximum Gasteiger partial charge on any atom is 0.224 e. The van der Waals surface area contributed by atoms with Crippen LogP contribution >= 0.6 is 8.19 Å². The lowest BCUT2D eigenvalue weighted by molar-refractivity contribution is -0.130. The average Bonchev–Trinajstić information content (AvgIpc) is 2.44. The minimum absolute atomic E-state index is 0.337. The molecule has 1 unspecified atom stereocenters. The minimum atomic E-state index is -0.465. The number of hydrogen-bond acceptors (Lipinski definition) is 6. The third-order valence-corrected chi connectivity index (χ3v) is 2.83. The van der Waals surface area contributed by atoms with Crippen molar-refractivity contribution >= 4 is 8.19 Å². The van der Waals surface area contributed by atoms with E-state index in [1.165, 1.54) is 0 Å². The van der Waals surface area contributed by atoms with Gasteiger partial charge in [0.1, 0.15) is 6.61 Å². The molecular weight excluding hydrogens is 269 g/mol. The Labute approximate surface area is 115 Å². The van der Waals surface area contributed by atoms with Gasteiger partial charge in [-0.1, -0.05) is 0 Å². The van der Waals surface area contributed by atoms with Crippen LogP contribution in [0.15, 0.2) is 18.2 Å². The van der Waals surface area contributed by atoms with E-state index in [1.807, 2.05) is 5.80 Å². The number of methoxy groups -OCH3 is 2. The molecule has 1 heterocycles. The summed E-state index contributed by atoms with van der Waals surface area (Å²) in [5.74, 6) is 1.90. The largest absolute Gasteiger partial charge is 0.456 e. The molecule has 7 heteroatoms. The van der Waals surface area contributed by atoms with Crippen LogP contribution in [-0.4, -0.2) is 58.5 Å². The summed E-state index contributed by atoms with van der Waals surface area (Å²) in [7, 11) is 4.21. The van der Waals surface area contributed by atoms with E-state index >= 15 is 0 Å². The highest BCUT2D eigenvalue weighted by atomic mass is 31.0. The maximum atomic E-state index is 5.68. The summed E-state index contributed by atoms with van der Waals surface area (Å²) in [5.41, 5.74) is 0.736. The summed E-state index contributed by atoms with van der Waals surface area (Å²) in [5, 5.41) is 0. The highest BCUT2D eigenvalue weighted by Gasteiger charge is 2.11. The van der Waals surface area contributed by atoms with E-state index in [-0.39, 0.29) is 0 Å². The monoisotopic (exact) mass is 289 g/mol. The Kier molecular flexibility index (Phi) is 9.49. The summed E-state index contributed by atoms with van der Waals surface area (Å²) >= 11 is 0. The first-order chi connectivity index (χ1) is 9.36. The molecule has 0 radical (unpaired) electrons. The second-order valence-corrected chi connectivity index (χ2v) is 4.52. The quantitative estimate of drug-likeness (QED) is 0.456. The van der Waals surface area contributed by atoms with Crippen LogP contribution in [0.3, 0.4) is 0 Å². The lowest BCUT2D eigenvalue weighted by Gasteiger charge is -2.19. The Bertz CT molecular complexity index is 314. The topological polar surface area (TPSA) is 59.0 Å². The van der Waals surface area contributed by atoms with Gasteiger partial charge < -0.3 is 23.7 Å². The molecule has 0 aliphatic heterocycles. The number of hydrogen-bond donors (Lipinski definition) is 0. The van der Waals surface area contributed by atoms with Gasteiger partial charge in [-0.15, -0.1) is 0 Å². The fourth-order valence-corrected chi connectivity index (χ4v) is 1.78. The first-order valence-electron chi connectivity index (χ1n) is 5.96. The molecule has 6 nitrogen and oxygen atoms in total. The molecule has 1 atom stereocenters. The molecule has 0 amide bonds. The van der Waals surface area contributed by atoms with Crippen LogP contribution in [0.4, 0.5) is 0 Å². The van der Waals surface area contributed by atoms with E-state index < -0.39 is 6.29 Å². The van der Waals surface area contributed by atoms with Crippen molar-refractivity contribution < 1.29 is 23.7 Å². The van der Waals surface area contributed by atoms with Gasteiger partial charge in [0.2, 0.25) is 6.29 Å². The lowest BCUT2D eigenvalue weighted by Crippen LogP contribution is -2.28. The van der Waals surface area contributed by atoms with Gasteiger partial charge in [-0.25, -0.2) is 0 Å². The van der Waals surface area contributed by atoms with E-state index in [0.717, 1.165) is 13.7 Å². The highest BCUT2D eigenvalue weighted by molar-refractivity contribution is 7.31. The van der Waals surface area contributed by atoms with Crippen molar-refractivity contribution in [3.05, 3.63) is 18.2 Å². The van der Waals surface area contributed by atoms with Gasteiger partial charge in [-0.3, -0.25) is 4.98 Å². The van der Waals surface area contributed by atoms with Crippen molar-refractivity contribution in [3.8, 4) is 5.48 Å². The zero-order valence-electron chi connectivity index (χ0n) is 11.3. The van der Waals surface area contributed by atoms with Crippen LogP contribution in [-0.2, 0) is 18.9 Å². The molecule has 0 aliphatic rings. The van der Waals surface area contributed by atoms with Gasteiger partial charge in [0, 0.05) is 20.4 Å². The molecule has 1 aromatic heterocycles. The molecule has 0 N–H and O–H groups in total. The molecule has 1 aromatic rings. The first-order valence-corrected chi connectivity index (χ1v) is 6.93. The van der Waals surface area contributed by atoms with Gasteiger partial charge in [0.15, 0.2) is 5.48 Å². The number of nitrogens with zero attached hydrogens (tertiary/aromatic N) is 1. The Morgan fingerprint density at radius 2 is 1.95 bits per heavy atom. The van der Waals surface area contributed by atoms with Crippen LogP contribution < -0.4 is 4.74 Å². The number of ether oxygens (including phenoxy) is 5. The fourth-order valence-electron chi connectivity index (χ4n) is 1.18. The predicted octanol–water partition coefficient (Wildman–Crippen LogP) is 1.69. The van der Waals surface area contributed by atoms with Gasteiger partial charge in [-0.2, -0.15) is 0 Å². The fraction of sp³-hybridized carbons (Fsp3) is 0.667. The van der Waals surface area contributed by atoms with E-state index in [9.17, 15) is 0 Å². The van der Waals surface area contributed by atoms with Crippen LogP contribution in [0.25, 0.3) is 0 Å². The zero-order valence-corrected chi connectivity index (χ0v) is 12.2. The molecule has 19 heavy (non-hydrogen) atoms. The standard InChI is InChI=1S/C12H20NO5P/c1-14-4-6-16-10-11(17-7-5-15-2)18-12-9-13-3-8-19-12/h3,8-9,11H,4-7,10H2,1-2H3. The van der Waals surface area contributed by atoms with Crippen LogP contribution in [0.2, 0.25) is 0 Å². The maximum absolute atomic E-state index is 5.68. The molecule has 108 valence electrons. The second-order valence-electron chi connectivity index (χ2n) is 3.52. The summed E-state index contributed by atoms with van der Waals surface area (Å²) in [6.45, 7) is 2.35. The molecule has 0 spiro atoms. The Balaban J connectivity index is 2.35.